The molecule has 0 saturated carbocycles. The van der Waals surface area contributed by atoms with Gasteiger partial charge in [-0.1, -0.05) is 48.0 Å². The maximum Gasteiger partial charge on any atom is 0.229 e. The number of para-hydroxylation sites is 1. The van der Waals surface area contributed by atoms with Crippen molar-refractivity contribution in [1.29, 1.82) is 0 Å². The first-order chi connectivity index (χ1) is 12.7. The Kier molecular flexibility index (Phi) is 4.61. The van der Waals surface area contributed by atoms with Crippen LogP contribution < -0.4 is 4.90 Å². The van der Waals surface area contributed by atoms with E-state index in [-0.39, 0.29) is 11.9 Å². The molecular formula is C23H24N2O. The van der Waals surface area contributed by atoms with Crippen molar-refractivity contribution in [3.8, 4) is 0 Å². The number of nitrogens with zero attached hydrogens (tertiary/aromatic N) is 2. The van der Waals surface area contributed by atoms with Crippen LogP contribution in [0.1, 0.15) is 35.6 Å². The molecule has 132 valence electrons. The minimum Gasteiger partial charge on any atom is -0.346 e. The summed E-state index contributed by atoms with van der Waals surface area (Å²) in [5.41, 5.74) is 4.76. The third-order valence-corrected chi connectivity index (χ3v) is 5.19. The molecule has 0 fully saturated rings. The number of aromatic nitrogens is 1. The molecule has 4 rings (SSSR count). The molecule has 1 aliphatic rings. The second-order valence-electron chi connectivity index (χ2n) is 7.04. The second-order valence-corrected chi connectivity index (χ2v) is 7.04. The smallest absolute Gasteiger partial charge is 0.229 e. The van der Waals surface area contributed by atoms with Gasteiger partial charge < -0.3 is 9.47 Å². The van der Waals surface area contributed by atoms with Crippen LogP contribution >= 0.6 is 0 Å². The zero-order valence-corrected chi connectivity index (χ0v) is 15.1. The van der Waals surface area contributed by atoms with Gasteiger partial charge in [0.1, 0.15) is 0 Å². The molecule has 1 aromatic heterocycles. The summed E-state index contributed by atoms with van der Waals surface area (Å²) in [6.07, 6.45) is 6.64. The third-order valence-electron chi connectivity index (χ3n) is 5.19. The number of aryl methyl sites for hydroxylation is 2. The zero-order chi connectivity index (χ0) is 17.9. The van der Waals surface area contributed by atoms with Crippen LogP contribution in [-0.4, -0.2) is 17.0 Å². The Morgan fingerprint density at radius 3 is 2.65 bits per heavy atom. The lowest BCUT2D eigenvalue weighted by Crippen LogP contribution is -2.36. The van der Waals surface area contributed by atoms with Gasteiger partial charge in [0.2, 0.25) is 5.91 Å². The summed E-state index contributed by atoms with van der Waals surface area (Å²) in [6, 6.07) is 20.8. The Hall–Kier alpha value is -2.81. The van der Waals surface area contributed by atoms with Gasteiger partial charge in [-0.15, -0.1) is 0 Å². The van der Waals surface area contributed by atoms with E-state index in [0.29, 0.717) is 6.42 Å². The van der Waals surface area contributed by atoms with Crippen LogP contribution in [0.4, 0.5) is 5.69 Å². The quantitative estimate of drug-likeness (QED) is 0.670. The fraction of sp³-hybridized carbons (Fsp3) is 0.261. The number of benzene rings is 2. The summed E-state index contributed by atoms with van der Waals surface area (Å²) in [4.78, 5) is 15.2. The standard InChI is InChI=1S/C23H24N2O/c1-18-8-6-10-20(16-18)22(24-13-4-5-14-24)17-23(26)25-15-7-11-19-9-2-3-12-21(19)25/h2-6,8-10,12-14,16,22H,7,11,15,17H2,1H3/t22-/m1/s1. The van der Waals surface area contributed by atoms with Crippen LogP contribution in [0.3, 0.4) is 0 Å². The van der Waals surface area contributed by atoms with E-state index in [1.807, 2.05) is 35.5 Å². The van der Waals surface area contributed by atoms with Gasteiger partial charge in [-0.05, 0) is 49.1 Å². The Balaban J connectivity index is 1.64. The van der Waals surface area contributed by atoms with Crippen LogP contribution in [0.25, 0.3) is 0 Å². The minimum atomic E-state index is 0.0199. The SMILES string of the molecule is Cc1cccc([C@@H](CC(=O)N2CCCc3ccccc32)n2cccc2)c1. The number of anilines is 1. The van der Waals surface area contributed by atoms with Gasteiger partial charge >= 0.3 is 0 Å². The summed E-state index contributed by atoms with van der Waals surface area (Å²) in [7, 11) is 0. The van der Waals surface area contributed by atoms with Crippen LogP contribution in [0.5, 0.6) is 0 Å². The van der Waals surface area contributed by atoms with Crippen molar-refractivity contribution in [3.05, 3.63) is 89.7 Å². The maximum absolute atomic E-state index is 13.2. The molecule has 26 heavy (non-hydrogen) atoms. The fourth-order valence-electron chi connectivity index (χ4n) is 3.90. The van der Waals surface area contributed by atoms with Crippen molar-refractivity contribution in [3.63, 3.8) is 0 Å². The number of amides is 1. The maximum atomic E-state index is 13.2. The van der Waals surface area contributed by atoms with E-state index >= 15 is 0 Å². The number of hydrogen-bond donors (Lipinski definition) is 0. The molecule has 1 atom stereocenters. The number of rotatable bonds is 4. The molecule has 2 heterocycles. The number of carbonyl (C=O) groups is 1. The van der Waals surface area contributed by atoms with E-state index in [0.717, 1.165) is 25.1 Å². The summed E-state index contributed by atoms with van der Waals surface area (Å²) in [5, 5.41) is 0. The molecular weight excluding hydrogens is 320 g/mol. The Bertz CT molecular complexity index is 898. The zero-order valence-electron chi connectivity index (χ0n) is 15.1. The average Bonchev–Trinajstić information content (AvgIpc) is 3.20. The summed E-state index contributed by atoms with van der Waals surface area (Å²) in [6.45, 7) is 2.90. The lowest BCUT2D eigenvalue weighted by atomic mass is 9.98. The van der Waals surface area contributed by atoms with Crippen molar-refractivity contribution in [2.45, 2.75) is 32.2 Å². The molecule has 2 aromatic carbocycles. The topological polar surface area (TPSA) is 25.2 Å². The van der Waals surface area contributed by atoms with Crippen molar-refractivity contribution >= 4 is 11.6 Å². The molecule has 0 saturated heterocycles. The van der Waals surface area contributed by atoms with Crippen molar-refractivity contribution in [2.75, 3.05) is 11.4 Å². The molecule has 3 nitrogen and oxygen atoms in total. The lowest BCUT2D eigenvalue weighted by molar-refractivity contribution is -0.119. The second kappa shape index (κ2) is 7.20. The van der Waals surface area contributed by atoms with Gasteiger partial charge in [-0.2, -0.15) is 0 Å². The van der Waals surface area contributed by atoms with Crippen molar-refractivity contribution in [1.82, 2.24) is 4.57 Å². The van der Waals surface area contributed by atoms with Crippen LogP contribution in [-0.2, 0) is 11.2 Å². The van der Waals surface area contributed by atoms with E-state index in [4.69, 9.17) is 0 Å². The van der Waals surface area contributed by atoms with Gasteiger partial charge in [0.15, 0.2) is 0 Å². The molecule has 0 spiro atoms. The Morgan fingerprint density at radius 1 is 1.04 bits per heavy atom. The number of hydrogen-bond acceptors (Lipinski definition) is 1. The van der Waals surface area contributed by atoms with Crippen LogP contribution in [0, 0.1) is 6.92 Å². The monoisotopic (exact) mass is 344 g/mol. The molecule has 0 unspecified atom stereocenters. The molecule has 1 aliphatic heterocycles. The predicted molar refractivity (Wildman–Crippen MR) is 105 cm³/mol. The van der Waals surface area contributed by atoms with Crippen molar-refractivity contribution in [2.24, 2.45) is 0 Å². The number of fused-ring (bicyclic) bond motifs is 1. The van der Waals surface area contributed by atoms with E-state index in [1.165, 1.54) is 16.7 Å². The van der Waals surface area contributed by atoms with Crippen LogP contribution in [0.15, 0.2) is 73.1 Å². The van der Waals surface area contributed by atoms with E-state index in [1.54, 1.807) is 0 Å². The van der Waals surface area contributed by atoms with E-state index < -0.39 is 0 Å². The largest absolute Gasteiger partial charge is 0.346 e. The normalized spacial score (nSPS) is 14.7. The van der Waals surface area contributed by atoms with E-state index in [2.05, 4.69) is 54.0 Å². The summed E-state index contributed by atoms with van der Waals surface area (Å²) >= 11 is 0. The summed E-state index contributed by atoms with van der Waals surface area (Å²) in [5.74, 6) is 0.192. The molecule has 3 aromatic rings. The van der Waals surface area contributed by atoms with Crippen LogP contribution in [0.2, 0.25) is 0 Å². The highest BCUT2D eigenvalue weighted by Crippen LogP contribution is 2.30. The first-order valence-corrected chi connectivity index (χ1v) is 9.29. The predicted octanol–water partition coefficient (Wildman–Crippen LogP) is 4.76. The lowest BCUT2D eigenvalue weighted by Gasteiger charge is -2.31. The average molecular weight is 344 g/mol. The molecule has 1 amide bonds. The first kappa shape index (κ1) is 16.6. The van der Waals surface area contributed by atoms with Gasteiger partial charge in [0, 0.05) is 24.6 Å². The molecule has 0 radical (unpaired) electrons. The first-order valence-electron chi connectivity index (χ1n) is 9.29. The van der Waals surface area contributed by atoms with Crippen molar-refractivity contribution < 1.29 is 4.79 Å². The fourth-order valence-corrected chi connectivity index (χ4v) is 3.90. The molecule has 3 heteroatoms. The van der Waals surface area contributed by atoms with E-state index in [9.17, 15) is 4.79 Å². The highest BCUT2D eigenvalue weighted by Gasteiger charge is 2.26. The molecule has 0 bridgehead atoms. The highest BCUT2D eigenvalue weighted by molar-refractivity contribution is 5.95. The minimum absolute atomic E-state index is 0.0199. The highest BCUT2D eigenvalue weighted by atomic mass is 16.2. The molecule has 0 aliphatic carbocycles. The van der Waals surface area contributed by atoms with Gasteiger partial charge in [0.25, 0.3) is 0 Å². The van der Waals surface area contributed by atoms with Gasteiger partial charge in [-0.3, -0.25) is 4.79 Å². The Labute approximate surface area is 154 Å². The third kappa shape index (κ3) is 3.30. The van der Waals surface area contributed by atoms with Gasteiger partial charge in [0.05, 0.1) is 12.5 Å². The summed E-state index contributed by atoms with van der Waals surface area (Å²) < 4.78 is 2.14. The van der Waals surface area contributed by atoms with Gasteiger partial charge in [-0.25, -0.2) is 0 Å². The molecule has 0 N–H and O–H groups in total. The number of carbonyl (C=O) groups excluding carboxylic acids is 1. The Morgan fingerprint density at radius 2 is 1.85 bits per heavy atom.